The second kappa shape index (κ2) is 5.79. The van der Waals surface area contributed by atoms with Crippen LogP contribution in [0.1, 0.15) is 22.3 Å². The van der Waals surface area contributed by atoms with E-state index in [1.54, 1.807) is 18.2 Å². The molecule has 0 aliphatic carbocycles. The molecule has 0 radical (unpaired) electrons. The molecule has 0 bridgehead atoms. The van der Waals surface area contributed by atoms with E-state index in [9.17, 15) is 4.79 Å². The second-order valence-corrected chi connectivity index (χ2v) is 3.73. The van der Waals surface area contributed by atoms with Crippen LogP contribution in [0, 0.1) is 0 Å². The molecular formula is C11H10Cl2O2. The number of carbonyl (C=O) groups is 1. The minimum absolute atomic E-state index is 0.241. The van der Waals surface area contributed by atoms with Crippen molar-refractivity contribution in [2.75, 3.05) is 5.88 Å². The van der Waals surface area contributed by atoms with Gasteiger partial charge in [0.05, 0.1) is 5.56 Å². The van der Waals surface area contributed by atoms with Crippen molar-refractivity contribution >= 4 is 35.2 Å². The van der Waals surface area contributed by atoms with Gasteiger partial charge < -0.3 is 5.11 Å². The Morgan fingerprint density at radius 2 is 2.20 bits per heavy atom. The molecule has 80 valence electrons. The number of aromatic carboxylic acids is 1. The van der Waals surface area contributed by atoms with Crippen LogP contribution in [0.15, 0.2) is 24.3 Å². The van der Waals surface area contributed by atoms with E-state index in [-0.39, 0.29) is 5.56 Å². The predicted octanol–water partition coefficient (Wildman–Crippen LogP) is 3.68. The molecule has 0 spiro atoms. The average Bonchev–Trinajstić information content (AvgIpc) is 2.18. The van der Waals surface area contributed by atoms with Crippen LogP contribution in [0.25, 0.3) is 6.08 Å². The molecule has 2 nitrogen and oxygen atoms in total. The molecule has 4 heteroatoms. The monoisotopic (exact) mass is 244 g/mol. The molecule has 1 rings (SSSR count). The summed E-state index contributed by atoms with van der Waals surface area (Å²) < 4.78 is 0. The smallest absolute Gasteiger partial charge is 0.336 e. The van der Waals surface area contributed by atoms with Crippen LogP contribution in [0.5, 0.6) is 0 Å². The first-order valence-electron chi connectivity index (χ1n) is 4.40. The maximum atomic E-state index is 10.9. The summed E-state index contributed by atoms with van der Waals surface area (Å²) in [6.07, 6.45) is 4.25. The van der Waals surface area contributed by atoms with E-state index in [0.29, 0.717) is 22.9 Å². The second-order valence-electron chi connectivity index (χ2n) is 2.92. The van der Waals surface area contributed by atoms with Gasteiger partial charge in [0.2, 0.25) is 0 Å². The van der Waals surface area contributed by atoms with Crippen molar-refractivity contribution in [1.82, 2.24) is 0 Å². The fourth-order valence-corrected chi connectivity index (χ4v) is 1.45. The quantitative estimate of drug-likeness (QED) is 0.821. The molecule has 0 fully saturated rings. The van der Waals surface area contributed by atoms with Crippen molar-refractivity contribution in [3.63, 3.8) is 0 Å². The lowest BCUT2D eigenvalue weighted by molar-refractivity contribution is 0.0696. The maximum Gasteiger partial charge on any atom is 0.336 e. The summed E-state index contributed by atoms with van der Waals surface area (Å²) >= 11 is 11.3. The van der Waals surface area contributed by atoms with Gasteiger partial charge in [-0.2, -0.15) is 0 Å². The molecule has 0 saturated heterocycles. The van der Waals surface area contributed by atoms with Crippen LogP contribution >= 0.6 is 23.2 Å². The van der Waals surface area contributed by atoms with Gasteiger partial charge in [0, 0.05) is 10.9 Å². The highest BCUT2D eigenvalue weighted by molar-refractivity contribution is 6.30. The highest BCUT2D eigenvalue weighted by Gasteiger charge is 2.07. The van der Waals surface area contributed by atoms with Crippen molar-refractivity contribution in [3.05, 3.63) is 40.4 Å². The largest absolute Gasteiger partial charge is 0.478 e. The Kier molecular flexibility index (Phi) is 4.66. The van der Waals surface area contributed by atoms with Crippen molar-refractivity contribution in [3.8, 4) is 0 Å². The van der Waals surface area contributed by atoms with Crippen molar-refractivity contribution < 1.29 is 9.90 Å². The highest BCUT2D eigenvalue weighted by atomic mass is 35.5. The van der Waals surface area contributed by atoms with E-state index in [1.807, 2.05) is 6.08 Å². The predicted molar refractivity (Wildman–Crippen MR) is 62.8 cm³/mol. The number of alkyl halides is 1. The zero-order chi connectivity index (χ0) is 11.3. The van der Waals surface area contributed by atoms with Gasteiger partial charge in [-0.15, -0.1) is 11.6 Å². The number of carboxylic acids is 1. The van der Waals surface area contributed by atoms with Crippen LogP contribution in [-0.4, -0.2) is 17.0 Å². The number of carboxylic acid groups (broad SMARTS) is 1. The molecule has 0 amide bonds. The summed E-state index contributed by atoms with van der Waals surface area (Å²) in [5, 5.41) is 9.43. The number of benzene rings is 1. The van der Waals surface area contributed by atoms with Crippen LogP contribution < -0.4 is 0 Å². The van der Waals surface area contributed by atoms with E-state index in [1.165, 1.54) is 6.07 Å². The Morgan fingerprint density at radius 1 is 1.47 bits per heavy atom. The van der Waals surface area contributed by atoms with Crippen LogP contribution in [0.2, 0.25) is 5.02 Å². The Balaban J connectivity index is 3.02. The number of halogens is 2. The summed E-state index contributed by atoms with van der Waals surface area (Å²) in [5.74, 6) is -0.448. The van der Waals surface area contributed by atoms with Crippen LogP contribution in [0.3, 0.4) is 0 Å². The molecule has 0 atom stereocenters. The van der Waals surface area contributed by atoms with Crippen LogP contribution in [-0.2, 0) is 0 Å². The maximum absolute atomic E-state index is 10.9. The fraction of sp³-hybridized carbons (Fsp3) is 0.182. The molecule has 1 aromatic rings. The molecular weight excluding hydrogens is 235 g/mol. The third-order valence-electron chi connectivity index (χ3n) is 1.82. The lowest BCUT2D eigenvalue weighted by Crippen LogP contribution is -1.98. The lowest BCUT2D eigenvalue weighted by atomic mass is 10.1. The Morgan fingerprint density at radius 3 is 2.80 bits per heavy atom. The number of hydrogen-bond donors (Lipinski definition) is 1. The Labute approximate surface area is 98.1 Å². The van der Waals surface area contributed by atoms with E-state index >= 15 is 0 Å². The van der Waals surface area contributed by atoms with Gasteiger partial charge in [-0.3, -0.25) is 0 Å². The third kappa shape index (κ3) is 3.57. The summed E-state index contributed by atoms with van der Waals surface area (Å²) in [4.78, 5) is 10.9. The molecule has 1 N–H and O–H groups in total. The van der Waals surface area contributed by atoms with Gasteiger partial charge in [0.15, 0.2) is 0 Å². The normalized spacial score (nSPS) is 10.8. The molecule has 0 unspecified atom stereocenters. The first kappa shape index (κ1) is 12.1. The first-order chi connectivity index (χ1) is 7.15. The zero-order valence-corrected chi connectivity index (χ0v) is 9.42. The minimum atomic E-state index is -0.961. The van der Waals surface area contributed by atoms with E-state index in [0.717, 1.165) is 0 Å². The van der Waals surface area contributed by atoms with E-state index < -0.39 is 5.97 Å². The molecule has 0 saturated carbocycles. The molecule has 0 heterocycles. The van der Waals surface area contributed by atoms with E-state index in [4.69, 9.17) is 28.3 Å². The van der Waals surface area contributed by atoms with Gasteiger partial charge in [0.1, 0.15) is 0 Å². The first-order valence-corrected chi connectivity index (χ1v) is 5.31. The molecule has 0 aliphatic heterocycles. The fourth-order valence-electron chi connectivity index (χ4n) is 1.14. The average molecular weight is 245 g/mol. The van der Waals surface area contributed by atoms with Gasteiger partial charge >= 0.3 is 5.97 Å². The highest BCUT2D eigenvalue weighted by Crippen LogP contribution is 2.17. The zero-order valence-electron chi connectivity index (χ0n) is 7.91. The van der Waals surface area contributed by atoms with Gasteiger partial charge in [-0.1, -0.05) is 23.8 Å². The molecule has 1 aromatic carbocycles. The SMILES string of the molecule is O=C(O)c1ccc(Cl)cc1C=CCCCl. The van der Waals surface area contributed by atoms with E-state index in [2.05, 4.69) is 0 Å². The summed E-state index contributed by atoms with van der Waals surface area (Å²) in [7, 11) is 0. The summed E-state index contributed by atoms with van der Waals surface area (Å²) in [6.45, 7) is 0. The van der Waals surface area contributed by atoms with Crippen molar-refractivity contribution in [2.45, 2.75) is 6.42 Å². The molecule has 0 aliphatic rings. The summed E-state index contributed by atoms with van der Waals surface area (Å²) in [6, 6.07) is 4.67. The van der Waals surface area contributed by atoms with Crippen molar-refractivity contribution in [1.29, 1.82) is 0 Å². The molecule has 0 aromatic heterocycles. The summed E-state index contributed by atoms with van der Waals surface area (Å²) in [5.41, 5.74) is 0.838. The van der Waals surface area contributed by atoms with Crippen molar-refractivity contribution in [2.24, 2.45) is 0 Å². The van der Waals surface area contributed by atoms with Crippen LogP contribution in [0.4, 0.5) is 0 Å². The lowest BCUT2D eigenvalue weighted by Gasteiger charge is -2.01. The standard InChI is InChI=1S/C11H10Cl2O2/c12-6-2-1-3-8-7-9(13)4-5-10(8)11(14)15/h1,3-5,7H,2,6H2,(H,14,15). The van der Waals surface area contributed by atoms with Gasteiger partial charge in [-0.25, -0.2) is 4.79 Å². The minimum Gasteiger partial charge on any atom is -0.478 e. The number of hydrogen-bond acceptors (Lipinski definition) is 1. The number of allylic oxidation sites excluding steroid dienone is 1. The Hall–Kier alpha value is -0.990. The number of rotatable bonds is 4. The Bertz CT molecular complexity index is 386. The topological polar surface area (TPSA) is 37.3 Å². The third-order valence-corrected chi connectivity index (χ3v) is 2.27. The molecule has 15 heavy (non-hydrogen) atoms. The van der Waals surface area contributed by atoms with Gasteiger partial charge in [0.25, 0.3) is 0 Å². The van der Waals surface area contributed by atoms with Gasteiger partial charge in [-0.05, 0) is 30.2 Å².